The van der Waals surface area contributed by atoms with Crippen LogP contribution in [-0.4, -0.2) is 5.71 Å². The lowest BCUT2D eigenvalue weighted by Gasteiger charge is -2.24. The molecular formula is C20H21N. The second kappa shape index (κ2) is 6.09. The van der Waals surface area contributed by atoms with Crippen molar-refractivity contribution in [3.8, 4) is 0 Å². The molecule has 0 aromatic heterocycles. The maximum Gasteiger partial charge on any atom is 0.0793 e. The Hall–Kier alpha value is -2.15. The quantitative estimate of drug-likeness (QED) is 0.729. The van der Waals surface area contributed by atoms with Crippen LogP contribution in [0.3, 0.4) is 0 Å². The topological polar surface area (TPSA) is 12.4 Å². The molecule has 0 spiro atoms. The van der Waals surface area contributed by atoms with Crippen LogP contribution in [0.1, 0.15) is 37.4 Å². The standard InChI is InChI=1S/C20H21N/c1-15(2)18-13-19(16-9-5-3-6-10-16)21-20(14-18)17-11-7-4-8-12-17/h3-13,15,20H,14H2,1-2H3. The molecule has 1 heteroatoms. The van der Waals surface area contributed by atoms with Crippen LogP contribution in [0.4, 0.5) is 0 Å². The van der Waals surface area contributed by atoms with Crippen molar-refractivity contribution in [1.82, 2.24) is 0 Å². The van der Waals surface area contributed by atoms with Crippen LogP contribution in [0, 0.1) is 5.92 Å². The normalized spacial score (nSPS) is 18.3. The molecule has 0 amide bonds. The van der Waals surface area contributed by atoms with Gasteiger partial charge in [0.05, 0.1) is 11.8 Å². The molecule has 106 valence electrons. The summed E-state index contributed by atoms with van der Waals surface area (Å²) >= 11 is 0. The van der Waals surface area contributed by atoms with Crippen molar-refractivity contribution < 1.29 is 0 Å². The highest BCUT2D eigenvalue weighted by atomic mass is 14.8. The van der Waals surface area contributed by atoms with Crippen molar-refractivity contribution in [1.29, 1.82) is 0 Å². The zero-order valence-electron chi connectivity index (χ0n) is 12.7. The Bertz CT molecular complexity index is 651. The molecule has 1 aliphatic heterocycles. The van der Waals surface area contributed by atoms with E-state index in [9.17, 15) is 0 Å². The maximum absolute atomic E-state index is 5.00. The summed E-state index contributed by atoms with van der Waals surface area (Å²) < 4.78 is 0. The lowest BCUT2D eigenvalue weighted by atomic mass is 9.88. The largest absolute Gasteiger partial charge is 0.276 e. The fourth-order valence-electron chi connectivity index (χ4n) is 2.75. The van der Waals surface area contributed by atoms with E-state index in [1.54, 1.807) is 0 Å². The summed E-state index contributed by atoms with van der Waals surface area (Å²) in [5.41, 5.74) is 5.10. The van der Waals surface area contributed by atoms with Crippen LogP contribution in [0.5, 0.6) is 0 Å². The van der Waals surface area contributed by atoms with E-state index in [0.29, 0.717) is 5.92 Å². The molecule has 21 heavy (non-hydrogen) atoms. The van der Waals surface area contributed by atoms with Gasteiger partial charge in [0, 0.05) is 0 Å². The molecule has 3 rings (SSSR count). The number of hydrogen-bond donors (Lipinski definition) is 0. The summed E-state index contributed by atoms with van der Waals surface area (Å²) in [6, 6.07) is 21.3. The number of allylic oxidation sites excluding steroid dienone is 1. The summed E-state index contributed by atoms with van der Waals surface area (Å²) in [6.07, 6.45) is 3.30. The first-order chi connectivity index (χ1) is 10.2. The van der Waals surface area contributed by atoms with E-state index in [0.717, 1.165) is 12.1 Å². The van der Waals surface area contributed by atoms with E-state index in [-0.39, 0.29) is 6.04 Å². The fraction of sp³-hybridized carbons (Fsp3) is 0.250. The molecule has 0 bridgehead atoms. The smallest absolute Gasteiger partial charge is 0.0793 e. The van der Waals surface area contributed by atoms with Gasteiger partial charge in [-0.1, -0.05) is 80.1 Å². The van der Waals surface area contributed by atoms with E-state index in [1.165, 1.54) is 16.7 Å². The number of benzene rings is 2. The molecule has 1 heterocycles. The number of hydrogen-bond acceptors (Lipinski definition) is 1. The molecule has 0 aliphatic carbocycles. The lowest BCUT2D eigenvalue weighted by molar-refractivity contribution is 0.629. The van der Waals surface area contributed by atoms with Gasteiger partial charge in [-0.25, -0.2) is 0 Å². The summed E-state index contributed by atoms with van der Waals surface area (Å²) in [4.78, 5) is 5.00. The van der Waals surface area contributed by atoms with Gasteiger partial charge in [-0.2, -0.15) is 0 Å². The van der Waals surface area contributed by atoms with Gasteiger partial charge in [-0.3, -0.25) is 4.99 Å². The van der Waals surface area contributed by atoms with E-state index in [2.05, 4.69) is 80.6 Å². The minimum Gasteiger partial charge on any atom is -0.276 e. The van der Waals surface area contributed by atoms with Crippen LogP contribution in [-0.2, 0) is 0 Å². The van der Waals surface area contributed by atoms with E-state index in [4.69, 9.17) is 4.99 Å². The fourth-order valence-corrected chi connectivity index (χ4v) is 2.75. The molecule has 1 aliphatic rings. The van der Waals surface area contributed by atoms with E-state index >= 15 is 0 Å². The van der Waals surface area contributed by atoms with Crippen LogP contribution in [0.2, 0.25) is 0 Å². The summed E-state index contributed by atoms with van der Waals surface area (Å²) in [6.45, 7) is 4.53. The Morgan fingerprint density at radius 2 is 1.52 bits per heavy atom. The molecule has 0 saturated heterocycles. The predicted molar refractivity (Wildman–Crippen MR) is 89.7 cm³/mol. The highest BCUT2D eigenvalue weighted by Crippen LogP contribution is 2.33. The number of dihydropyridines is 1. The number of aliphatic imine (C=N–C) groups is 1. The molecule has 0 saturated carbocycles. The number of rotatable bonds is 3. The molecule has 1 unspecified atom stereocenters. The summed E-state index contributed by atoms with van der Waals surface area (Å²) in [5, 5.41) is 0. The van der Waals surface area contributed by atoms with Crippen molar-refractivity contribution in [2.24, 2.45) is 10.9 Å². The Labute approximate surface area is 127 Å². The van der Waals surface area contributed by atoms with Crippen molar-refractivity contribution >= 4 is 5.71 Å². The van der Waals surface area contributed by atoms with Gasteiger partial charge >= 0.3 is 0 Å². The molecule has 0 fully saturated rings. The second-order valence-electron chi connectivity index (χ2n) is 5.88. The van der Waals surface area contributed by atoms with Gasteiger partial charge in [0.2, 0.25) is 0 Å². The Kier molecular flexibility index (Phi) is 4.01. The molecule has 2 aromatic rings. The van der Waals surface area contributed by atoms with Gasteiger partial charge in [0.15, 0.2) is 0 Å². The zero-order valence-corrected chi connectivity index (χ0v) is 12.7. The monoisotopic (exact) mass is 275 g/mol. The first-order valence-corrected chi connectivity index (χ1v) is 7.62. The molecule has 1 nitrogen and oxygen atoms in total. The predicted octanol–water partition coefficient (Wildman–Crippen LogP) is 5.20. The van der Waals surface area contributed by atoms with Crippen molar-refractivity contribution in [3.63, 3.8) is 0 Å². The SMILES string of the molecule is CC(C)C1=CC(c2ccccc2)=NC(c2ccccc2)C1. The van der Waals surface area contributed by atoms with Gasteiger partial charge in [-0.15, -0.1) is 0 Å². The van der Waals surface area contributed by atoms with Crippen molar-refractivity contribution in [2.75, 3.05) is 0 Å². The lowest BCUT2D eigenvalue weighted by Crippen LogP contribution is -2.13. The van der Waals surface area contributed by atoms with Crippen LogP contribution in [0.25, 0.3) is 0 Å². The minimum absolute atomic E-state index is 0.240. The van der Waals surface area contributed by atoms with Crippen molar-refractivity contribution in [2.45, 2.75) is 26.3 Å². The third-order valence-corrected chi connectivity index (χ3v) is 4.04. The molecule has 1 atom stereocenters. The van der Waals surface area contributed by atoms with Gasteiger partial charge in [0.1, 0.15) is 0 Å². The highest BCUT2D eigenvalue weighted by molar-refractivity contribution is 6.09. The van der Waals surface area contributed by atoms with Gasteiger partial charge < -0.3 is 0 Å². The first kappa shape index (κ1) is 13.8. The Balaban J connectivity index is 2.01. The van der Waals surface area contributed by atoms with Crippen LogP contribution in [0.15, 0.2) is 77.3 Å². The summed E-state index contributed by atoms with van der Waals surface area (Å²) in [7, 11) is 0. The average Bonchev–Trinajstić information content (AvgIpc) is 2.56. The highest BCUT2D eigenvalue weighted by Gasteiger charge is 2.20. The van der Waals surface area contributed by atoms with Gasteiger partial charge in [-0.05, 0) is 29.5 Å². The van der Waals surface area contributed by atoms with E-state index in [1.807, 2.05) is 0 Å². The third-order valence-electron chi connectivity index (χ3n) is 4.04. The first-order valence-electron chi connectivity index (χ1n) is 7.62. The zero-order chi connectivity index (χ0) is 14.7. The second-order valence-corrected chi connectivity index (χ2v) is 5.88. The maximum atomic E-state index is 5.00. The Morgan fingerprint density at radius 1 is 0.905 bits per heavy atom. The summed E-state index contributed by atoms with van der Waals surface area (Å²) in [5.74, 6) is 0.561. The Morgan fingerprint density at radius 3 is 2.14 bits per heavy atom. The average molecular weight is 275 g/mol. The molecule has 0 radical (unpaired) electrons. The van der Waals surface area contributed by atoms with Crippen LogP contribution < -0.4 is 0 Å². The molecule has 0 N–H and O–H groups in total. The number of nitrogens with zero attached hydrogens (tertiary/aromatic N) is 1. The van der Waals surface area contributed by atoms with Crippen molar-refractivity contribution in [3.05, 3.63) is 83.4 Å². The molecular weight excluding hydrogens is 254 g/mol. The van der Waals surface area contributed by atoms with E-state index < -0.39 is 0 Å². The molecule has 2 aromatic carbocycles. The van der Waals surface area contributed by atoms with Gasteiger partial charge in [0.25, 0.3) is 0 Å². The minimum atomic E-state index is 0.240. The van der Waals surface area contributed by atoms with Crippen LogP contribution >= 0.6 is 0 Å². The third kappa shape index (κ3) is 3.13.